The van der Waals surface area contributed by atoms with Gasteiger partial charge in [-0.15, -0.1) is 11.6 Å². The van der Waals surface area contributed by atoms with E-state index in [2.05, 4.69) is 21.2 Å². The molecule has 0 aromatic heterocycles. The van der Waals surface area contributed by atoms with E-state index in [1.807, 2.05) is 0 Å². The Hall–Kier alpha value is -0.320. The van der Waals surface area contributed by atoms with Crippen LogP contribution in [0.4, 0.5) is 10.1 Å². The van der Waals surface area contributed by atoms with Gasteiger partial charge in [-0.2, -0.15) is 0 Å². The number of aliphatic hydroxyl groups excluding tert-OH is 1. The van der Waals surface area contributed by atoms with E-state index in [1.54, 1.807) is 12.1 Å². The smallest absolute Gasteiger partial charge is 0.139 e. The molecule has 0 saturated carbocycles. The number of hydrogen-bond donors (Lipinski definition) is 2. The molecule has 0 unspecified atom stereocenters. The molecule has 78 valence electrons. The van der Waals surface area contributed by atoms with Crippen molar-refractivity contribution in [2.24, 2.45) is 0 Å². The van der Waals surface area contributed by atoms with Crippen molar-refractivity contribution in [3.05, 3.63) is 28.5 Å². The van der Waals surface area contributed by atoms with Crippen molar-refractivity contribution in [3.8, 4) is 0 Å². The van der Waals surface area contributed by atoms with Gasteiger partial charge in [0, 0.05) is 12.2 Å². The Bertz CT molecular complexity index is 311. The normalized spacial score (nSPS) is 12.6. The molecular weight excluding hydrogens is 272 g/mol. The van der Waals surface area contributed by atoms with Gasteiger partial charge >= 0.3 is 0 Å². The van der Waals surface area contributed by atoms with E-state index in [-0.39, 0.29) is 11.7 Å². The number of benzene rings is 1. The fraction of sp³-hybridized carbons (Fsp3) is 0.333. The van der Waals surface area contributed by atoms with E-state index >= 15 is 0 Å². The van der Waals surface area contributed by atoms with E-state index in [9.17, 15) is 4.39 Å². The summed E-state index contributed by atoms with van der Waals surface area (Å²) in [6.45, 7) is 0.310. The topological polar surface area (TPSA) is 32.3 Å². The molecule has 0 aliphatic rings. The second kappa shape index (κ2) is 5.53. The molecule has 0 aliphatic carbocycles. The quantitative estimate of drug-likeness (QED) is 0.832. The van der Waals surface area contributed by atoms with E-state index in [1.165, 1.54) is 6.07 Å². The molecule has 2 N–H and O–H groups in total. The van der Waals surface area contributed by atoms with Crippen molar-refractivity contribution in [2.75, 3.05) is 17.7 Å². The lowest BCUT2D eigenvalue weighted by atomic mass is 10.3. The largest absolute Gasteiger partial charge is 0.390 e. The number of nitrogens with one attached hydrogen (secondary N) is 1. The first-order valence-electron chi connectivity index (χ1n) is 4.06. The molecular formula is C9H10BrClFNO. The lowest BCUT2D eigenvalue weighted by Gasteiger charge is -2.10. The Labute approximate surface area is 95.2 Å². The van der Waals surface area contributed by atoms with Gasteiger partial charge in [0.05, 0.1) is 16.5 Å². The fourth-order valence-electron chi connectivity index (χ4n) is 0.896. The molecule has 0 saturated heterocycles. The molecule has 0 heterocycles. The second-order valence-electron chi connectivity index (χ2n) is 2.82. The van der Waals surface area contributed by atoms with Gasteiger partial charge in [0.15, 0.2) is 0 Å². The van der Waals surface area contributed by atoms with Crippen molar-refractivity contribution in [1.29, 1.82) is 0 Å². The Kier molecular flexibility index (Phi) is 4.65. The molecule has 1 aromatic rings. The zero-order valence-corrected chi connectivity index (χ0v) is 9.65. The van der Waals surface area contributed by atoms with Gasteiger partial charge in [0.1, 0.15) is 5.82 Å². The van der Waals surface area contributed by atoms with E-state index in [0.29, 0.717) is 16.7 Å². The lowest BCUT2D eigenvalue weighted by Crippen LogP contribution is -2.20. The predicted molar refractivity (Wildman–Crippen MR) is 59.3 cm³/mol. The molecule has 2 nitrogen and oxygen atoms in total. The van der Waals surface area contributed by atoms with Crippen LogP contribution in [0.3, 0.4) is 0 Å². The summed E-state index contributed by atoms with van der Waals surface area (Å²) in [6, 6.07) is 4.67. The minimum absolute atomic E-state index is 0.159. The average Bonchev–Trinajstić information content (AvgIpc) is 2.19. The predicted octanol–water partition coefficient (Wildman–Crippen LogP) is 2.60. The van der Waals surface area contributed by atoms with Crippen LogP contribution in [-0.2, 0) is 0 Å². The molecule has 0 amide bonds. The van der Waals surface area contributed by atoms with Gasteiger partial charge in [0.25, 0.3) is 0 Å². The lowest BCUT2D eigenvalue weighted by molar-refractivity contribution is 0.211. The minimum atomic E-state index is -0.622. The van der Waals surface area contributed by atoms with Crippen molar-refractivity contribution in [1.82, 2.24) is 0 Å². The van der Waals surface area contributed by atoms with Crippen LogP contribution >= 0.6 is 27.5 Å². The highest BCUT2D eigenvalue weighted by Gasteiger charge is 2.03. The van der Waals surface area contributed by atoms with E-state index in [0.717, 1.165) is 0 Å². The maximum atomic E-state index is 13.0. The number of hydrogen-bond acceptors (Lipinski definition) is 2. The van der Waals surface area contributed by atoms with E-state index in [4.69, 9.17) is 16.7 Å². The molecule has 1 atom stereocenters. The molecule has 1 aromatic carbocycles. The molecule has 14 heavy (non-hydrogen) atoms. The third-order valence-corrected chi connectivity index (χ3v) is 2.64. The van der Waals surface area contributed by atoms with Crippen molar-refractivity contribution in [2.45, 2.75) is 6.10 Å². The SMILES string of the molecule is O[C@@H](CCl)CNc1ccc(Br)c(F)c1. The highest BCUT2D eigenvalue weighted by Crippen LogP contribution is 2.19. The zero-order chi connectivity index (χ0) is 10.6. The Morgan fingerprint density at radius 2 is 2.29 bits per heavy atom. The van der Waals surface area contributed by atoms with Crippen LogP contribution < -0.4 is 5.32 Å². The minimum Gasteiger partial charge on any atom is -0.390 e. The summed E-state index contributed by atoms with van der Waals surface area (Å²) in [6.07, 6.45) is -0.622. The fourth-order valence-corrected chi connectivity index (χ4v) is 1.25. The maximum absolute atomic E-state index is 13.0. The standard InChI is InChI=1S/C9H10BrClFNO/c10-8-2-1-6(3-9(8)12)13-5-7(14)4-11/h1-3,7,13-14H,4-5H2/t7-/m0/s1. The van der Waals surface area contributed by atoms with Gasteiger partial charge in [-0.1, -0.05) is 0 Å². The third kappa shape index (κ3) is 3.44. The first kappa shape index (κ1) is 11.8. The Balaban J connectivity index is 2.55. The van der Waals surface area contributed by atoms with Crippen LogP contribution in [0.25, 0.3) is 0 Å². The molecule has 0 bridgehead atoms. The van der Waals surface area contributed by atoms with Gasteiger partial charge < -0.3 is 10.4 Å². The van der Waals surface area contributed by atoms with Crippen molar-refractivity contribution >= 4 is 33.2 Å². The number of rotatable bonds is 4. The molecule has 1 rings (SSSR count). The van der Waals surface area contributed by atoms with Gasteiger partial charge in [-0.05, 0) is 34.1 Å². The molecule has 0 fully saturated rings. The van der Waals surface area contributed by atoms with Gasteiger partial charge in [0.2, 0.25) is 0 Å². The van der Waals surface area contributed by atoms with Gasteiger partial charge in [-0.25, -0.2) is 4.39 Å². The first-order chi connectivity index (χ1) is 6.63. The van der Waals surface area contributed by atoms with Crippen LogP contribution in [0.15, 0.2) is 22.7 Å². The third-order valence-electron chi connectivity index (χ3n) is 1.64. The molecule has 0 radical (unpaired) electrons. The van der Waals surface area contributed by atoms with E-state index < -0.39 is 6.10 Å². The average molecular weight is 283 g/mol. The van der Waals surface area contributed by atoms with Gasteiger partial charge in [-0.3, -0.25) is 0 Å². The molecule has 0 spiro atoms. The summed E-state index contributed by atoms with van der Waals surface area (Å²) in [5.41, 5.74) is 0.620. The Morgan fingerprint density at radius 1 is 1.57 bits per heavy atom. The number of anilines is 1. The maximum Gasteiger partial charge on any atom is 0.139 e. The van der Waals surface area contributed by atoms with Crippen LogP contribution in [0.2, 0.25) is 0 Å². The summed E-state index contributed by atoms with van der Waals surface area (Å²) >= 11 is 8.45. The monoisotopic (exact) mass is 281 g/mol. The van der Waals surface area contributed by atoms with Crippen LogP contribution in [0.5, 0.6) is 0 Å². The zero-order valence-electron chi connectivity index (χ0n) is 7.30. The number of aliphatic hydroxyl groups is 1. The number of alkyl halides is 1. The number of halogens is 3. The molecule has 0 aliphatic heterocycles. The van der Waals surface area contributed by atoms with Crippen LogP contribution in [-0.4, -0.2) is 23.6 Å². The highest BCUT2D eigenvalue weighted by atomic mass is 79.9. The Morgan fingerprint density at radius 3 is 2.86 bits per heavy atom. The second-order valence-corrected chi connectivity index (χ2v) is 3.98. The summed E-state index contributed by atoms with van der Waals surface area (Å²) < 4.78 is 13.4. The summed E-state index contributed by atoms with van der Waals surface area (Å²) in [4.78, 5) is 0. The first-order valence-corrected chi connectivity index (χ1v) is 5.39. The summed E-state index contributed by atoms with van der Waals surface area (Å²) in [5, 5.41) is 12.0. The summed E-state index contributed by atoms with van der Waals surface area (Å²) in [7, 11) is 0. The summed E-state index contributed by atoms with van der Waals surface area (Å²) in [5.74, 6) is -0.179. The van der Waals surface area contributed by atoms with Crippen molar-refractivity contribution in [3.63, 3.8) is 0 Å². The van der Waals surface area contributed by atoms with Crippen LogP contribution in [0.1, 0.15) is 0 Å². The molecule has 5 heteroatoms. The van der Waals surface area contributed by atoms with Crippen molar-refractivity contribution < 1.29 is 9.50 Å². The van der Waals surface area contributed by atoms with Crippen LogP contribution in [0, 0.1) is 5.82 Å². The highest BCUT2D eigenvalue weighted by molar-refractivity contribution is 9.10.